The van der Waals surface area contributed by atoms with Gasteiger partial charge < -0.3 is 15.1 Å². The standard InChI is InChI=1S/C17H25NO3/c1-4-17(11-19)7-9-18(10-8-17)16(21)14-6-5-12(2)13(3)15(14)20/h5-6,19-20H,4,7-11H2,1-3H3. The molecule has 0 saturated carbocycles. The third-order valence-corrected chi connectivity index (χ3v) is 5.13. The molecular formula is C17H25NO3. The Morgan fingerprint density at radius 1 is 1.29 bits per heavy atom. The zero-order chi connectivity index (χ0) is 15.6. The second-order valence-corrected chi connectivity index (χ2v) is 6.21. The Hall–Kier alpha value is -1.55. The number of benzene rings is 1. The number of aliphatic hydroxyl groups is 1. The van der Waals surface area contributed by atoms with Gasteiger partial charge in [0.2, 0.25) is 0 Å². The lowest BCUT2D eigenvalue weighted by molar-refractivity contribution is 0.0336. The molecule has 2 N–H and O–H groups in total. The maximum absolute atomic E-state index is 12.6. The number of carbonyl (C=O) groups excluding carboxylic acids is 1. The minimum Gasteiger partial charge on any atom is -0.507 e. The molecule has 0 spiro atoms. The number of rotatable bonds is 3. The molecule has 1 amide bonds. The first kappa shape index (κ1) is 15.8. The van der Waals surface area contributed by atoms with Crippen molar-refractivity contribution in [1.82, 2.24) is 4.90 Å². The SMILES string of the molecule is CCC1(CO)CCN(C(=O)c2ccc(C)c(C)c2O)CC1. The molecule has 0 radical (unpaired) electrons. The normalized spacial score (nSPS) is 17.8. The van der Waals surface area contributed by atoms with Crippen molar-refractivity contribution in [1.29, 1.82) is 0 Å². The van der Waals surface area contributed by atoms with Gasteiger partial charge in [-0.2, -0.15) is 0 Å². The van der Waals surface area contributed by atoms with Gasteiger partial charge >= 0.3 is 0 Å². The zero-order valence-corrected chi connectivity index (χ0v) is 13.1. The molecule has 1 aliphatic rings. The van der Waals surface area contributed by atoms with Gasteiger partial charge in [0.05, 0.1) is 5.56 Å². The number of piperidine rings is 1. The molecule has 0 bridgehead atoms. The Kier molecular flexibility index (Phi) is 4.57. The highest BCUT2D eigenvalue weighted by Crippen LogP contribution is 2.35. The van der Waals surface area contributed by atoms with Crippen molar-refractivity contribution < 1.29 is 15.0 Å². The molecule has 0 aromatic heterocycles. The van der Waals surface area contributed by atoms with Crippen LogP contribution in [0, 0.1) is 19.3 Å². The first-order chi connectivity index (χ1) is 9.94. The number of hydrogen-bond donors (Lipinski definition) is 2. The number of aryl methyl sites for hydroxylation is 1. The van der Waals surface area contributed by atoms with E-state index < -0.39 is 0 Å². The number of aliphatic hydroxyl groups excluding tert-OH is 1. The van der Waals surface area contributed by atoms with Crippen molar-refractivity contribution in [3.05, 3.63) is 28.8 Å². The van der Waals surface area contributed by atoms with E-state index in [0.717, 1.165) is 30.4 Å². The second-order valence-electron chi connectivity index (χ2n) is 6.21. The van der Waals surface area contributed by atoms with E-state index in [1.807, 2.05) is 19.9 Å². The summed E-state index contributed by atoms with van der Waals surface area (Å²) in [6, 6.07) is 3.57. The molecule has 4 nitrogen and oxygen atoms in total. The van der Waals surface area contributed by atoms with Crippen LogP contribution in [0.2, 0.25) is 0 Å². The van der Waals surface area contributed by atoms with Crippen molar-refractivity contribution in [2.45, 2.75) is 40.0 Å². The van der Waals surface area contributed by atoms with Crippen LogP contribution in [0.15, 0.2) is 12.1 Å². The molecule has 0 aliphatic carbocycles. The number of hydrogen-bond acceptors (Lipinski definition) is 3. The van der Waals surface area contributed by atoms with E-state index in [1.54, 1.807) is 11.0 Å². The van der Waals surface area contributed by atoms with E-state index in [4.69, 9.17) is 0 Å². The second kappa shape index (κ2) is 6.06. The highest BCUT2D eigenvalue weighted by molar-refractivity contribution is 5.97. The molecule has 1 aromatic carbocycles. The molecule has 1 heterocycles. The van der Waals surface area contributed by atoms with Gasteiger partial charge in [0.25, 0.3) is 5.91 Å². The Morgan fingerprint density at radius 2 is 1.90 bits per heavy atom. The Labute approximate surface area is 126 Å². The molecule has 1 aromatic rings. The van der Waals surface area contributed by atoms with Crippen molar-refractivity contribution in [3.63, 3.8) is 0 Å². The van der Waals surface area contributed by atoms with Crippen LogP contribution in [-0.2, 0) is 0 Å². The summed E-state index contributed by atoms with van der Waals surface area (Å²) >= 11 is 0. The maximum Gasteiger partial charge on any atom is 0.257 e. The van der Waals surface area contributed by atoms with Crippen LogP contribution >= 0.6 is 0 Å². The summed E-state index contributed by atoms with van der Waals surface area (Å²) in [5.74, 6) is -0.0206. The molecule has 1 saturated heterocycles. The summed E-state index contributed by atoms with van der Waals surface area (Å²) in [6.45, 7) is 7.29. The van der Waals surface area contributed by atoms with Crippen LogP contribution < -0.4 is 0 Å². The number of likely N-dealkylation sites (tertiary alicyclic amines) is 1. The molecule has 1 fully saturated rings. The Bertz CT molecular complexity index is 525. The van der Waals surface area contributed by atoms with Crippen LogP contribution in [0.5, 0.6) is 5.75 Å². The van der Waals surface area contributed by atoms with Crippen LogP contribution in [0.25, 0.3) is 0 Å². The summed E-state index contributed by atoms with van der Waals surface area (Å²) in [5, 5.41) is 19.7. The lowest BCUT2D eigenvalue weighted by atomic mass is 9.77. The summed E-state index contributed by atoms with van der Waals surface area (Å²) in [6.07, 6.45) is 2.56. The van der Waals surface area contributed by atoms with Gasteiger partial charge in [-0.15, -0.1) is 0 Å². The smallest absolute Gasteiger partial charge is 0.257 e. The Morgan fingerprint density at radius 3 is 2.43 bits per heavy atom. The predicted octanol–water partition coefficient (Wildman–Crippen LogP) is 2.63. The highest BCUT2D eigenvalue weighted by Gasteiger charge is 2.34. The number of aromatic hydroxyl groups is 1. The van der Waals surface area contributed by atoms with Crippen LogP contribution in [0.1, 0.15) is 47.7 Å². The minimum atomic E-state index is -0.113. The first-order valence-corrected chi connectivity index (χ1v) is 7.63. The molecule has 116 valence electrons. The molecule has 2 rings (SSSR count). The molecule has 21 heavy (non-hydrogen) atoms. The van der Waals surface area contributed by atoms with Crippen LogP contribution in [-0.4, -0.2) is 40.7 Å². The molecular weight excluding hydrogens is 266 g/mol. The highest BCUT2D eigenvalue weighted by atomic mass is 16.3. The van der Waals surface area contributed by atoms with E-state index in [1.165, 1.54) is 0 Å². The fourth-order valence-corrected chi connectivity index (χ4v) is 2.95. The molecule has 4 heteroatoms. The topological polar surface area (TPSA) is 60.8 Å². The predicted molar refractivity (Wildman–Crippen MR) is 82.5 cm³/mol. The lowest BCUT2D eigenvalue weighted by Gasteiger charge is -2.40. The fraction of sp³-hybridized carbons (Fsp3) is 0.588. The van der Waals surface area contributed by atoms with E-state index in [2.05, 4.69) is 6.92 Å². The number of carbonyl (C=O) groups is 1. The maximum atomic E-state index is 12.6. The first-order valence-electron chi connectivity index (χ1n) is 7.63. The summed E-state index contributed by atoms with van der Waals surface area (Å²) in [7, 11) is 0. The average Bonchev–Trinajstić information content (AvgIpc) is 2.52. The summed E-state index contributed by atoms with van der Waals surface area (Å²) in [5.41, 5.74) is 2.08. The van der Waals surface area contributed by atoms with E-state index in [0.29, 0.717) is 18.7 Å². The number of phenolic OH excluding ortho intramolecular Hbond substituents is 1. The minimum absolute atomic E-state index is 0.0397. The number of amides is 1. The van der Waals surface area contributed by atoms with Crippen LogP contribution in [0.3, 0.4) is 0 Å². The largest absolute Gasteiger partial charge is 0.507 e. The van der Waals surface area contributed by atoms with E-state index in [9.17, 15) is 15.0 Å². The Balaban J connectivity index is 2.14. The summed E-state index contributed by atoms with van der Waals surface area (Å²) in [4.78, 5) is 14.4. The molecule has 0 atom stereocenters. The number of phenols is 1. The van der Waals surface area contributed by atoms with Gasteiger partial charge in [0.15, 0.2) is 0 Å². The van der Waals surface area contributed by atoms with Gasteiger partial charge in [-0.05, 0) is 55.7 Å². The monoisotopic (exact) mass is 291 g/mol. The van der Waals surface area contributed by atoms with E-state index >= 15 is 0 Å². The van der Waals surface area contributed by atoms with Crippen molar-refractivity contribution in [2.75, 3.05) is 19.7 Å². The third-order valence-electron chi connectivity index (χ3n) is 5.13. The lowest BCUT2D eigenvalue weighted by Crippen LogP contribution is -2.44. The van der Waals surface area contributed by atoms with Gasteiger partial charge in [0, 0.05) is 19.7 Å². The summed E-state index contributed by atoms with van der Waals surface area (Å²) < 4.78 is 0. The molecule has 1 aliphatic heterocycles. The van der Waals surface area contributed by atoms with E-state index in [-0.39, 0.29) is 23.7 Å². The quantitative estimate of drug-likeness (QED) is 0.900. The van der Waals surface area contributed by atoms with Crippen molar-refractivity contribution in [2.24, 2.45) is 5.41 Å². The number of nitrogens with zero attached hydrogens (tertiary/aromatic N) is 1. The van der Waals surface area contributed by atoms with Gasteiger partial charge in [0.1, 0.15) is 5.75 Å². The van der Waals surface area contributed by atoms with Gasteiger partial charge in [-0.25, -0.2) is 0 Å². The third kappa shape index (κ3) is 2.91. The fourth-order valence-electron chi connectivity index (χ4n) is 2.95. The van der Waals surface area contributed by atoms with Crippen molar-refractivity contribution in [3.8, 4) is 5.75 Å². The van der Waals surface area contributed by atoms with Crippen LogP contribution in [0.4, 0.5) is 0 Å². The average molecular weight is 291 g/mol. The van der Waals surface area contributed by atoms with Gasteiger partial charge in [-0.3, -0.25) is 4.79 Å². The van der Waals surface area contributed by atoms with Crippen molar-refractivity contribution >= 4 is 5.91 Å². The zero-order valence-electron chi connectivity index (χ0n) is 13.1. The molecule has 0 unspecified atom stereocenters. The van der Waals surface area contributed by atoms with Gasteiger partial charge in [-0.1, -0.05) is 13.0 Å².